The van der Waals surface area contributed by atoms with Gasteiger partial charge in [-0.3, -0.25) is 9.59 Å². The number of rotatable bonds is 8. The predicted octanol–water partition coefficient (Wildman–Crippen LogP) is 4.54. The van der Waals surface area contributed by atoms with Crippen LogP contribution in [0.3, 0.4) is 0 Å². The summed E-state index contributed by atoms with van der Waals surface area (Å²) in [6.07, 6.45) is 1.72. The molecular formula is C23H30N2O2. The summed E-state index contributed by atoms with van der Waals surface area (Å²) < 4.78 is 0. The first-order valence-electron chi connectivity index (χ1n) is 9.57. The molecule has 2 aromatic carbocycles. The monoisotopic (exact) mass is 366 g/mol. The lowest BCUT2D eigenvalue weighted by atomic mass is 9.98. The largest absolute Gasteiger partial charge is 0.334 e. The summed E-state index contributed by atoms with van der Waals surface area (Å²) in [5, 5.41) is 3.02. The average molecular weight is 367 g/mol. The van der Waals surface area contributed by atoms with Gasteiger partial charge in [0.05, 0.1) is 6.54 Å². The van der Waals surface area contributed by atoms with Gasteiger partial charge in [0.2, 0.25) is 11.8 Å². The number of carbonyl (C=O) groups excluding carboxylic acids is 2. The number of benzene rings is 2. The third-order valence-electron chi connectivity index (χ3n) is 4.71. The van der Waals surface area contributed by atoms with Crippen LogP contribution in [0.15, 0.2) is 48.5 Å². The fourth-order valence-corrected chi connectivity index (χ4v) is 3.16. The Morgan fingerprint density at radius 2 is 1.74 bits per heavy atom. The second-order valence-electron chi connectivity index (χ2n) is 7.27. The summed E-state index contributed by atoms with van der Waals surface area (Å²) in [5.74, 6) is 0.0863. The quantitative estimate of drug-likeness (QED) is 0.746. The SMILES string of the molecule is CC(=O)N(CCCc1ccccc1)CC(=O)Nc1c(C)cccc1C(C)C. The maximum absolute atomic E-state index is 12.6. The smallest absolute Gasteiger partial charge is 0.244 e. The minimum absolute atomic E-state index is 0.0768. The van der Waals surface area contributed by atoms with Crippen molar-refractivity contribution < 1.29 is 9.59 Å². The van der Waals surface area contributed by atoms with Crippen molar-refractivity contribution in [3.8, 4) is 0 Å². The number of amides is 2. The van der Waals surface area contributed by atoms with E-state index in [9.17, 15) is 9.59 Å². The highest BCUT2D eigenvalue weighted by atomic mass is 16.2. The molecule has 0 aliphatic rings. The van der Waals surface area contributed by atoms with E-state index in [1.807, 2.05) is 43.3 Å². The molecular weight excluding hydrogens is 336 g/mol. The molecule has 0 aliphatic carbocycles. The van der Waals surface area contributed by atoms with Crippen LogP contribution >= 0.6 is 0 Å². The average Bonchev–Trinajstić information content (AvgIpc) is 2.63. The van der Waals surface area contributed by atoms with Crippen LogP contribution in [-0.4, -0.2) is 29.8 Å². The van der Waals surface area contributed by atoms with Gasteiger partial charge in [-0.15, -0.1) is 0 Å². The highest BCUT2D eigenvalue weighted by Crippen LogP contribution is 2.27. The van der Waals surface area contributed by atoms with E-state index >= 15 is 0 Å². The Morgan fingerprint density at radius 1 is 1.04 bits per heavy atom. The minimum atomic E-state index is -0.152. The number of hydrogen-bond acceptors (Lipinski definition) is 2. The molecule has 144 valence electrons. The number of para-hydroxylation sites is 1. The maximum Gasteiger partial charge on any atom is 0.244 e. The fourth-order valence-electron chi connectivity index (χ4n) is 3.16. The molecule has 0 fully saturated rings. The lowest BCUT2D eigenvalue weighted by Crippen LogP contribution is -2.37. The molecule has 0 heterocycles. The molecule has 0 aliphatic heterocycles. The number of anilines is 1. The Morgan fingerprint density at radius 3 is 2.37 bits per heavy atom. The van der Waals surface area contributed by atoms with Gasteiger partial charge in [-0.25, -0.2) is 0 Å². The van der Waals surface area contributed by atoms with Gasteiger partial charge in [-0.05, 0) is 42.4 Å². The minimum Gasteiger partial charge on any atom is -0.334 e. The molecule has 27 heavy (non-hydrogen) atoms. The molecule has 4 heteroatoms. The molecule has 0 bridgehead atoms. The van der Waals surface area contributed by atoms with Gasteiger partial charge in [-0.1, -0.05) is 62.4 Å². The predicted molar refractivity (Wildman–Crippen MR) is 111 cm³/mol. The summed E-state index contributed by atoms with van der Waals surface area (Å²) in [6, 6.07) is 16.2. The summed E-state index contributed by atoms with van der Waals surface area (Å²) in [4.78, 5) is 26.2. The molecule has 0 radical (unpaired) electrons. The van der Waals surface area contributed by atoms with Crippen molar-refractivity contribution in [2.45, 2.75) is 46.5 Å². The van der Waals surface area contributed by atoms with Crippen LogP contribution in [0.1, 0.15) is 49.8 Å². The first-order chi connectivity index (χ1) is 12.9. The van der Waals surface area contributed by atoms with Gasteiger partial charge in [0.15, 0.2) is 0 Å². The van der Waals surface area contributed by atoms with Crippen molar-refractivity contribution in [1.29, 1.82) is 0 Å². The zero-order valence-electron chi connectivity index (χ0n) is 16.8. The van der Waals surface area contributed by atoms with E-state index in [2.05, 4.69) is 31.3 Å². The van der Waals surface area contributed by atoms with Crippen molar-refractivity contribution in [2.75, 3.05) is 18.4 Å². The fraction of sp³-hybridized carbons (Fsp3) is 0.391. The molecule has 2 amide bonds. The molecule has 0 aromatic heterocycles. The Hall–Kier alpha value is -2.62. The molecule has 2 rings (SSSR count). The van der Waals surface area contributed by atoms with E-state index in [0.717, 1.165) is 29.7 Å². The van der Waals surface area contributed by atoms with Gasteiger partial charge in [0.25, 0.3) is 0 Å². The van der Waals surface area contributed by atoms with E-state index in [0.29, 0.717) is 12.5 Å². The summed E-state index contributed by atoms with van der Waals surface area (Å²) >= 11 is 0. The number of nitrogens with zero attached hydrogens (tertiary/aromatic N) is 1. The van der Waals surface area contributed by atoms with Gasteiger partial charge in [-0.2, -0.15) is 0 Å². The van der Waals surface area contributed by atoms with Gasteiger partial charge < -0.3 is 10.2 Å². The van der Waals surface area contributed by atoms with Crippen molar-refractivity contribution in [2.24, 2.45) is 0 Å². The van der Waals surface area contributed by atoms with Crippen LogP contribution in [0.4, 0.5) is 5.69 Å². The van der Waals surface area contributed by atoms with Crippen molar-refractivity contribution in [3.63, 3.8) is 0 Å². The zero-order valence-corrected chi connectivity index (χ0v) is 16.8. The summed E-state index contributed by atoms with van der Waals surface area (Å²) in [6.45, 7) is 8.37. The van der Waals surface area contributed by atoms with E-state index < -0.39 is 0 Å². The number of nitrogens with one attached hydrogen (secondary N) is 1. The Labute approximate surface area is 162 Å². The second kappa shape index (κ2) is 9.91. The molecule has 0 saturated heterocycles. The van der Waals surface area contributed by atoms with Crippen LogP contribution in [-0.2, 0) is 16.0 Å². The van der Waals surface area contributed by atoms with Crippen LogP contribution in [0, 0.1) is 6.92 Å². The first kappa shape index (κ1) is 20.7. The molecule has 1 N–H and O–H groups in total. The Bertz CT molecular complexity index is 769. The number of carbonyl (C=O) groups is 2. The first-order valence-corrected chi connectivity index (χ1v) is 9.57. The lowest BCUT2D eigenvalue weighted by molar-refractivity contribution is -0.132. The highest BCUT2D eigenvalue weighted by Gasteiger charge is 2.16. The van der Waals surface area contributed by atoms with Gasteiger partial charge in [0, 0.05) is 19.2 Å². The Kier molecular flexibility index (Phi) is 7.59. The number of hydrogen-bond donors (Lipinski definition) is 1. The van der Waals surface area contributed by atoms with Crippen LogP contribution < -0.4 is 5.32 Å². The molecule has 0 saturated carbocycles. The standard InChI is InChI=1S/C23H30N2O2/c1-17(2)21-14-8-10-18(3)23(21)24-22(27)16-25(19(4)26)15-9-13-20-11-6-5-7-12-20/h5-8,10-12,14,17H,9,13,15-16H2,1-4H3,(H,24,27). The topological polar surface area (TPSA) is 49.4 Å². The zero-order chi connectivity index (χ0) is 19.8. The van der Waals surface area contributed by atoms with Crippen molar-refractivity contribution >= 4 is 17.5 Å². The molecule has 0 atom stereocenters. The van der Waals surface area contributed by atoms with E-state index in [1.165, 1.54) is 12.5 Å². The van der Waals surface area contributed by atoms with Crippen LogP contribution in [0.5, 0.6) is 0 Å². The van der Waals surface area contributed by atoms with Gasteiger partial charge in [0.1, 0.15) is 0 Å². The molecule has 0 unspecified atom stereocenters. The maximum atomic E-state index is 12.6. The van der Waals surface area contributed by atoms with Crippen molar-refractivity contribution in [3.05, 3.63) is 65.2 Å². The second-order valence-corrected chi connectivity index (χ2v) is 7.27. The van der Waals surface area contributed by atoms with E-state index in [1.54, 1.807) is 4.90 Å². The normalized spacial score (nSPS) is 10.7. The summed E-state index contributed by atoms with van der Waals surface area (Å²) in [5.41, 5.74) is 4.26. The van der Waals surface area contributed by atoms with Crippen LogP contribution in [0.2, 0.25) is 0 Å². The lowest BCUT2D eigenvalue weighted by Gasteiger charge is -2.22. The molecule has 4 nitrogen and oxygen atoms in total. The molecule has 0 spiro atoms. The third kappa shape index (κ3) is 6.24. The Balaban J connectivity index is 1.96. The third-order valence-corrected chi connectivity index (χ3v) is 4.71. The van der Waals surface area contributed by atoms with E-state index in [-0.39, 0.29) is 18.4 Å². The molecule has 2 aromatic rings. The summed E-state index contributed by atoms with van der Waals surface area (Å²) in [7, 11) is 0. The van der Waals surface area contributed by atoms with Gasteiger partial charge >= 0.3 is 0 Å². The number of aryl methyl sites for hydroxylation is 2. The van der Waals surface area contributed by atoms with Crippen LogP contribution in [0.25, 0.3) is 0 Å². The highest BCUT2D eigenvalue weighted by molar-refractivity contribution is 5.95. The van der Waals surface area contributed by atoms with E-state index in [4.69, 9.17) is 0 Å². The van der Waals surface area contributed by atoms with Crippen molar-refractivity contribution in [1.82, 2.24) is 4.90 Å².